The van der Waals surface area contributed by atoms with Gasteiger partial charge in [0.2, 0.25) is 0 Å². The van der Waals surface area contributed by atoms with E-state index in [0.29, 0.717) is 6.42 Å². The van der Waals surface area contributed by atoms with E-state index in [9.17, 15) is 18.0 Å². The molecule has 0 aromatic heterocycles. The van der Waals surface area contributed by atoms with Crippen LogP contribution in [0.15, 0.2) is 0 Å². The molecule has 1 atom stereocenters. The molecular weight excluding hydrogens is 221 g/mol. The number of amides is 1. The highest BCUT2D eigenvalue weighted by molar-refractivity contribution is 5.82. The average molecular weight is 238 g/mol. The van der Waals surface area contributed by atoms with E-state index in [1.54, 1.807) is 0 Å². The fourth-order valence-corrected chi connectivity index (χ4v) is 2.14. The van der Waals surface area contributed by atoms with Gasteiger partial charge in [-0.25, -0.2) is 0 Å². The largest absolute Gasteiger partial charge is 0.471 e. The van der Waals surface area contributed by atoms with Crippen molar-refractivity contribution in [2.75, 3.05) is 26.2 Å². The highest BCUT2D eigenvalue weighted by Gasteiger charge is 2.44. The fraction of sp³-hybridized carbons (Fsp3) is 0.900. The molecule has 3 nitrogen and oxygen atoms in total. The lowest BCUT2D eigenvalue weighted by molar-refractivity contribution is -0.184. The van der Waals surface area contributed by atoms with E-state index in [-0.39, 0.29) is 19.1 Å². The first-order valence-electron chi connectivity index (χ1n) is 5.50. The summed E-state index contributed by atoms with van der Waals surface area (Å²) in [4.78, 5) is 14.0. The molecule has 1 fully saturated rings. The molecule has 0 bridgehead atoms. The molecule has 0 spiro atoms. The van der Waals surface area contributed by atoms with Crippen LogP contribution in [-0.4, -0.2) is 54.1 Å². The van der Waals surface area contributed by atoms with Gasteiger partial charge in [-0.1, -0.05) is 13.8 Å². The van der Waals surface area contributed by atoms with Crippen molar-refractivity contribution in [1.29, 1.82) is 0 Å². The molecule has 94 valence electrons. The summed E-state index contributed by atoms with van der Waals surface area (Å²) in [5.41, 5.74) is 0. The normalized spacial score (nSPS) is 21.9. The van der Waals surface area contributed by atoms with Gasteiger partial charge in [-0.2, -0.15) is 13.2 Å². The van der Waals surface area contributed by atoms with Gasteiger partial charge >= 0.3 is 12.1 Å². The van der Waals surface area contributed by atoms with Gasteiger partial charge in [0.25, 0.3) is 0 Å². The second kappa shape index (κ2) is 5.03. The van der Waals surface area contributed by atoms with Gasteiger partial charge in [0.05, 0.1) is 0 Å². The quantitative estimate of drug-likeness (QED) is 0.743. The Hall–Kier alpha value is -0.780. The van der Waals surface area contributed by atoms with Crippen molar-refractivity contribution in [2.24, 2.45) is 0 Å². The molecule has 0 radical (unpaired) electrons. The molecule has 16 heavy (non-hydrogen) atoms. The number of likely N-dealkylation sites (tertiary alicyclic amines) is 1. The third kappa shape index (κ3) is 2.87. The summed E-state index contributed by atoms with van der Waals surface area (Å²) in [6.07, 6.45) is -4.11. The van der Waals surface area contributed by atoms with Crippen molar-refractivity contribution in [3.8, 4) is 0 Å². The Morgan fingerprint density at radius 1 is 1.38 bits per heavy atom. The van der Waals surface area contributed by atoms with Crippen molar-refractivity contribution in [1.82, 2.24) is 9.80 Å². The summed E-state index contributed by atoms with van der Waals surface area (Å²) in [6, 6.07) is 0.0706. The summed E-state index contributed by atoms with van der Waals surface area (Å²) in [7, 11) is 0. The molecule has 0 aromatic rings. The number of rotatable bonds is 3. The molecule has 0 saturated carbocycles. The number of halogens is 3. The Kier molecular flexibility index (Phi) is 4.18. The third-order valence-electron chi connectivity index (χ3n) is 3.02. The van der Waals surface area contributed by atoms with Crippen LogP contribution >= 0.6 is 0 Å². The van der Waals surface area contributed by atoms with Gasteiger partial charge in [0, 0.05) is 19.1 Å². The first-order chi connectivity index (χ1) is 7.40. The first-order valence-corrected chi connectivity index (χ1v) is 5.50. The molecule has 1 saturated heterocycles. The SMILES string of the molecule is CCN(CC)C1CCN(C(=O)C(F)(F)F)C1. The van der Waals surface area contributed by atoms with E-state index < -0.39 is 12.1 Å². The molecule has 1 aliphatic heterocycles. The Labute approximate surface area is 93.2 Å². The first kappa shape index (κ1) is 13.3. The standard InChI is InChI=1S/C10H17F3N2O/c1-3-14(4-2)8-5-6-15(7-8)9(16)10(11,12)13/h8H,3-7H2,1-2H3. The molecule has 0 aliphatic carbocycles. The van der Waals surface area contributed by atoms with Crippen LogP contribution < -0.4 is 0 Å². The van der Waals surface area contributed by atoms with Gasteiger partial charge in [-0.15, -0.1) is 0 Å². The number of hydrogen-bond acceptors (Lipinski definition) is 2. The molecule has 1 aliphatic rings. The van der Waals surface area contributed by atoms with Crippen LogP contribution in [0.2, 0.25) is 0 Å². The van der Waals surface area contributed by atoms with Crippen LogP contribution in [-0.2, 0) is 4.79 Å². The van der Waals surface area contributed by atoms with Crippen LogP contribution in [0.1, 0.15) is 20.3 Å². The topological polar surface area (TPSA) is 23.6 Å². The number of carbonyl (C=O) groups excluding carboxylic acids is 1. The third-order valence-corrected chi connectivity index (χ3v) is 3.02. The zero-order valence-corrected chi connectivity index (χ0v) is 9.55. The van der Waals surface area contributed by atoms with Crippen LogP contribution in [0.25, 0.3) is 0 Å². The maximum absolute atomic E-state index is 12.2. The van der Waals surface area contributed by atoms with E-state index >= 15 is 0 Å². The maximum Gasteiger partial charge on any atom is 0.471 e. The zero-order valence-electron chi connectivity index (χ0n) is 9.55. The van der Waals surface area contributed by atoms with E-state index in [2.05, 4.69) is 4.90 Å². The molecular formula is C10H17F3N2O. The number of alkyl halides is 3. The van der Waals surface area contributed by atoms with Crippen molar-refractivity contribution >= 4 is 5.91 Å². The van der Waals surface area contributed by atoms with Gasteiger partial charge in [0.15, 0.2) is 0 Å². The smallest absolute Gasteiger partial charge is 0.333 e. The second-order valence-corrected chi connectivity index (χ2v) is 3.91. The lowest BCUT2D eigenvalue weighted by Gasteiger charge is -2.26. The number of hydrogen-bond donors (Lipinski definition) is 0. The summed E-state index contributed by atoms with van der Waals surface area (Å²) < 4.78 is 36.6. The number of carbonyl (C=O) groups is 1. The Balaban J connectivity index is 2.56. The molecule has 1 amide bonds. The van der Waals surface area contributed by atoms with Crippen molar-refractivity contribution in [3.63, 3.8) is 0 Å². The molecule has 1 rings (SSSR count). The van der Waals surface area contributed by atoms with Gasteiger partial charge in [-0.05, 0) is 19.5 Å². The molecule has 1 heterocycles. The van der Waals surface area contributed by atoms with Crippen molar-refractivity contribution < 1.29 is 18.0 Å². The fourth-order valence-electron chi connectivity index (χ4n) is 2.14. The lowest BCUT2D eigenvalue weighted by atomic mass is 10.2. The molecule has 0 aromatic carbocycles. The highest BCUT2D eigenvalue weighted by Crippen LogP contribution is 2.23. The predicted octanol–water partition coefficient (Wildman–Crippen LogP) is 1.49. The predicted molar refractivity (Wildman–Crippen MR) is 54.0 cm³/mol. The van der Waals surface area contributed by atoms with Crippen molar-refractivity contribution in [3.05, 3.63) is 0 Å². The highest BCUT2D eigenvalue weighted by atomic mass is 19.4. The second-order valence-electron chi connectivity index (χ2n) is 3.91. The average Bonchev–Trinajstić information content (AvgIpc) is 2.66. The maximum atomic E-state index is 12.2. The molecule has 1 unspecified atom stereocenters. The van der Waals surface area contributed by atoms with Crippen LogP contribution in [0, 0.1) is 0 Å². The van der Waals surface area contributed by atoms with Crippen LogP contribution in [0.4, 0.5) is 13.2 Å². The van der Waals surface area contributed by atoms with E-state index in [4.69, 9.17) is 0 Å². The monoisotopic (exact) mass is 238 g/mol. The van der Waals surface area contributed by atoms with Crippen LogP contribution in [0.3, 0.4) is 0 Å². The van der Waals surface area contributed by atoms with Gasteiger partial charge in [-0.3, -0.25) is 9.69 Å². The zero-order chi connectivity index (χ0) is 12.3. The Morgan fingerprint density at radius 3 is 2.38 bits per heavy atom. The summed E-state index contributed by atoms with van der Waals surface area (Å²) in [5, 5.41) is 0. The van der Waals surface area contributed by atoms with E-state index in [1.807, 2.05) is 13.8 Å². The van der Waals surface area contributed by atoms with Crippen LogP contribution in [0.5, 0.6) is 0 Å². The number of nitrogens with zero attached hydrogens (tertiary/aromatic N) is 2. The summed E-state index contributed by atoms with van der Waals surface area (Å²) in [6.45, 7) is 5.94. The summed E-state index contributed by atoms with van der Waals surface area (Å²) in [5.74, 6) is -1.71. The molecule has 6 heteroatoms. The van der Waals surface area contributed by atoms with Crippen molar-refractivity contribution in [2.45, 2.75) is 32.5 Å². The Morgan fingerprint density at radius 2 is 1.94 bits per heavy atom. The lowest BCUT2D eigenvalue weighted by Crippen LogP contribution is -2.42. The van der Waals surface area contributed by atoms with E-state index in [0.717, 1.165) is 18.0 Å². The minimum Gasteiger partial charge on any atom is -0.333 e. The van der Waals surface area contributed by atoms with Gasteiger partial charge in [0.1, 0.15) is 0 Å². The minimum atomic E-state index is -4.74. The summed E-state index contributed by atoms with van der Waals surface area (Å²) >= 11 is 0. The molecule has 0 N–H and O–H groups in total. The Bertz CT molecular complexity index is 251. The van der Waals surface area contributed by atoms with Gasteiger partial charge < -0.3 is 4.90 Å². The number of likely N-dealkylation sites (N-methyl/N-ethyl adjacent to an activating group) is 1. The minimum absolute atomic E-state index is 0.0706. The van der Waals surface area contributed by atoms with E-state index in [1.165, 1.54) is 0 Å².